The van der Waals surface area contributed by atoms with Crippen molar-refractivity contribution < 1.29 is 17.6 Å². The van der Waals surface area contributed by atoms with Crippen molar-refractivity contribution >= 4 is 33.7 Å². The number of rotatable bonds is 4. The van der Waals surface area contributed by atoms with Crippen LogP contribution in [0, 0.1) is 5.82 Å². The van der Waals surface area contributed by atoms with E-state index in [1.54, 1.807) is 6.07 Å². The summed E-state index contributed by atoms with van der Waals surface area (Å²) < 4.78 is 36.1. The fourth-order valence-electron chi connectivity index (χ4n) is 1.67. The molecule has 2 aromatic rings. The molecule has 6 nitrogen and oxygen atoms in total. The maximum absolute atomic E-state index is 13.4. The third-order valence-corrected chi connectivity index (χ3v) is 4.17. The normalized spacial score (nSPS) is 11.6. The Bertz CT molecular complexity index is 885. The van der Waals surface area contributed by atoms with Crippen molar-refractivity contribution in [2.45, 2.75) is 4.90 Å². The van der Waals surface area contributed by atoms with Crippen LogP contribution in [0.2, 0.25) is 5.02 Å². The van der Waals surface area contributed by atoms with Gasteiger partial charge in [-0.3, -0.25) is 4.79 Å². The minimum atomic E-state index is -4.06. The van der Waals surface area contributed by atoms with Crippen LogP contribution in [0.3, 0.4) is 0 Å². The van der Waals surface area contributed by atoms with Crippen molar-refractivity contribution in [1.82, 2.24) is 5.43 Å². The number of benzene rings is 2. The van der Waals surface area contributed by atoms with Crippen LogP contribution in [0.25, 0.3) is 0 Å². The molecule has 9 heteroatoms. The number of amides is 1. The zero-order valence-electron chi connectivity index (χ0n) is 11.5. The zero-order chi connectivity index (χ0) is 17.0. The van der Waals surface area contributed by atoms with Crippen LogP contribution in [0.4, 0.5) is 4.39 Å². The number of halogens is 2. The van der Waals surface area contributed by atoms with Gasteiger partial charge in [-0.1, -0.05) is 29.8 Å². The van der Waals surface area contributed by atoms with Crippen molar-refractivity contribution in [2.24, 2.45) is 10.2 Å². The third kappa shape index (κ3) is 4.35. The summed E-state index contributed by atoms with van der Waals surface area (Å²) >= 11 is 5.73. The van der Waals surface area contributed by atoms with Crippen LogP contribution in [0.1, 0.15) is 15.9 Å². The maximum atomic E-state index is 13.4. The molecule has 0 heterocycles. The number of sulfonamides is 1. The fourth-order valence-corrected chi connectivity index (χ4v) is 2.74. The molecule has 0 aliphatic carbocycles. The van der Waals surface area contributed by atoms with Crippen molar-refractivity contribution in [2.75, 3.05) is 0 Å². The van der Waals surface area contributed by atoms with E-state index in [0.29, 0.717) is 0 Å². The van der Waals surface area contributed by atoms with E-state index in [9.17, 15) is 17.6 Å². The second-order valence-electron chi connectivity index (χ2n) is 4.41. The molecule has 0 saturated heterocycles. The van der Waals surface area contributed by atoms with Crippen LogP contribution >= 0.6 is 11.6 Å². The summed E-state index contributed by atoms with van der Waals surface area (Å²) in [5.41, 5.74) is 2.34. The number of nitrogens with one attached hydrogen (secondary N) is 1. The second kappa shape index (κ2) is 6.86. The summed E-state index contributed by atoms with van der Waals surface area (Å²) in [5, 5.41) is 8.52. The molecule has 0 unspecified atom stereocenters. The zero-order valence-corrected chi connectivity index (χ0v) is 13.1. The molecule has 1 amide bonds. The summed E-state index contributed by atoms with van der Waals surface area (Å²) in [6.45, 7) is 0. The van der Waals surface area contributed by atoms with E-state index in [1.807, 2.05) is 0 Å². The minimum Gasteiger partial charge on any atom is -0.267 e. The molecule has 0 spiro atoms. The van der Waals surface area contributed by atoms with Gasteiger partial charge in [-0.15, -0.1) is 0 Å². The Morgan fingerprint density at radius 3 is 2.61 bits per heavy atom. The predicted molar refractivity (Wildman–Crippen MR) is 84.3 cm³/mol. The molecular formula is C14H11ClFN3O3S. The summed E-state index contributed by atoms with van der Waals surface area (Å²) in [5.74, 6) is -1.19. The molecule has 0 fully saturated rings. The molecule has 2 aromatic carbocycles. The van der Waals surface area contributed by atoms with E-state index >= 15 is 0 Å². The smallest absolute Gasteiger partial charge is 0.267 e. The average Bonchev–Trinajstić information content (AvgIpc) is 2.48. The van der Waals surface area contributed by atoms with Crippen molar-refractivity contribution in [3.63, 3.8) is 0 Å². The molecule has 0 bridgehead atoms. The minimum absolute atomic E-state index is 0.0101. The number of hydrogen-bond donors (Lipinski definition) is 2. The van der Waals surface area contributed by atoms with Gasteiger partial charge in [0.1, 0.15) is 10.7 Å². The van der Waals surface area contributed by atoms with Gasteiger partial charge in [0.05, 0.1) is 11.2 Å². The van der Waals surface area contributed by atoms with Crippen LogP contribution < -0.4 is 10.6 Å². The molecule has 0 aliphatic heterocycles. The Labute approximate surface area is 136 Å². The van der Waals surface area contributed by atoms with Gasteiger partial charge in [-0.05, 0) is 24.3 Å². The second-order valence-corrected chi connectivity index (χ2v) is 6.35. The van der Waals surface area contributed by atoms with Crippen molar-refractivity contribution in [3.8, 4) is 0 Å². The topological polar surface area (TPSA) is 102 Å². The molecule has 23 heavy (non-hydrogen) atoms. The van der Waals surface area contributed by atoms with Gasteiger partial charge in [0, 0.05) is 11.1 Å². The molecule has 0 atom stereocenters. The summed E-state index contributed by atoms with van der Waals surface area (Å²) in [7, 11) is -4.06. The maximum Gasteiger partial charge on any atom is 0.271 e. The van der Waals surface area contributed by atoms with Gasteiger partial charge in [-0.2, -0.15) is 5.10 Å². The third-order valence-electron chi connectivity index (χ3n) is 2.77. The number of carbonyl (C=O) groups is 1. The molecule has 120 valence electrons. The molecule has 3 N–H and O–H groups in total. The lowest BCUT2D eigenvalue weighted by Crippen LogP contribution is -2.19. The number of nitrogens with zero attached hydrogens (tertiary/aromatic N) is 1. The number of primary sulfonamides is 1. The number of carbonyl (C=O) groups excluding carboxylic acids is 1. The summed E-state index contributed by atoms with van der Waals surface area (Å²) in [6, 6.07) is 9.44. The van der Waals surface area contributed by atoms with E-state index in [-0.39, 0.29) is 21.0 Å². The predicted octanol–water partition coefficient (Wildman–Crippen LogP) is 1.89. The van der Waals surface area contributed by atoms with E-state index in [1.165, 1.54) is 30.3 Å². The number of hydrogen-bond acceptors (Lipinski definition) is 4. The highest BCUT2D eigenvalue weighted by molar-refractivity contribution is 7.89. The van der Waals surface area contributed by atoms with E-state index in [0.717, 1.165) is 12.3 Å². The van der Waals surface area contributed by atoms with Gasteiger partial charge in [0.15, 0.2) is 0 Å². The highest BCUT2D eigenvalue weighted by Crippen LogP contribution is 2.21. The first-order valence-electron chi connectivity index (χ1n) is 6.19. The molecular weight excluding hydrogens is 345 g/mol. The van der Waals surface area contributed by atoms with E-state index < -0.39 is 21.7 Å². The highest BCUT2D eigenvalue weighted by Gasteiger charge is 2.16. The summed E-state index contributed by atoms with van der Waals surface area (Å²) in [4.78, 5) is 11.5. The lowest BCUT2D eigenvalue weighted by Gasteiger charge is -2.05. The quantitative estimate of drug-likeness (QED) is 0.646. The fraction of sp³-hybridized carbons (Fsp3) is 0. The van der Waals surface area contributed by atoms with Gasteiger partial charge >= 0.3 is 0 Å². The Hall–Kier alpha value is -2.29. The summed E-state index contributed by atoms with van der Waals surface area (Å²) in [6.07, 6.45) is 1.13. The SMILES string of the molecule is NS(=O)(=O)c1cc(C(=O)N/N=C\c2ccccc2F)ccc1Cl. The first-order chi connectivity index (χ1) is 10.8. The number of nitrogens with two attached hydrogens (primary N) is 1. The lowest BCUT2D eigenvalue weighted by atomic mass is 10.2. The highest BCUT2D eigenvalue weighted by atomic mass is 35.5. The van der Waals surface area contributed by atoms with E-state index in [2.05, 4.69) is 10.5 Å². The largest absolute Gasteiger partial charge is 0.271 e. The Balaban J connectivity index is 2.17. The number of hydrazone groups is 1. The molecule has 0 radical (unpaired) electrons. The Kier molecular flexibility index (Phi) is 5.09. The standard InChI is InChI=1S/C14H11ClFN3O3S/c15-11-6-5-9(7-13(11)23(17,21)22)14(20)19-18-8-10-3-1-2-4-12(10)16/h1-8H,(H,19,20)(H2,17,21,22)/b18-8-. The first-order valence-corrected chi connectivity index (χ1v) is 8.12. The van der Waals surface area contributed by atoms with Gasteiger partial charge in [-0.25, -0.2) is 23.4 Å². The Morgan fingerprint density at radius 1 is 1.26 bits per heavy atom. The van der Waals surface area contributed by atoms with Crippen molar-refractivity contribution in [1.29, 1.82) is 0 Å². The lowest BCUT2D eigenvalue weighted by molar-refractivity contribution is 0.0955. The van der Waals surface area contributed by atoms with E-state index in [4.69, 9.17) is 16.7 Å². The van der Waals surface area contributed by atoms with Crippen molar-refractivity contribution in [3.05, 3.63) is 64.4 Å². The molecule has 0 aliphatic rings. The van der Waals surface area contributed by atoms with Crippen LogP contribution in [0.5, 0.6) is 0 Å². The first kappa shape index (κ1) is 17.1. The molecule has 0 saturated carbocycles. The molecule has 0 aromatic heterocycles. The van der Waals surface area contributed by atoms with Crippen LogP contribution in [-0.4, -0.2) is 20.5 Å². The van der Waals surface area contributed by atoms with Gasteiger partial charge in [0.2, 0.25) is 10.0 Å². The average molecular weight is 356 g/mol. The van der Waals surface area contributed by atoms with Gasteiger partial charge in [0.25, 0.3) is 5.91 Å². The monoisotopic (exact) mass is 355 g/mol. The van der Waals surface area contributed by atoms with Crippen LogP contribution in [0.15, 0.2) is 52.5 Å². The molecule has 2 rings (SSSR count). The van der Waals surface area contributed by atoms with Gasteiger partial charge < -0.3 is 0 Å². The Morgan fingerprint density at radius 2 is 1.96 bits per heavy atom. The van der Waals surface area contributed by atoms with Crippen LogP contribution in [-0.2, 0) is 10.0 Å².